The van der Waals surface area contributed by atoms with Crippen molar-refractivity contribution in [3.63, 3.8) is 0 Å². The van der Waals surface area contributed by atoms with Crippen LogP contribution < -0.4 is 5.32 Å². The van der Waals surface area contributed by atoms with Gasteiger partial charge in [-0.1, -0.05) is 24.3 Å². The first-order valence-corrected chi connectivity index (χ1v) is 5.87. The molecule has 1 aromatic rings. The average molecular weight is 223 g/mol. The first-order chi connectivity index (χ1) is 7.68. The zero-order valence-corrected chi connectivity index (χ0v) is 9.05. The molecule has 1 saturated carbocycles. The van der Waals surface area contributed by atoms with E-state index in [9.17, 15) is 8.78 Å². The molecule has 3 heteroatoms. The third-order valence-electron chi connectivity index (χ3n) is 3.64. The third-order valence-corrected chi connectivity index (χ3v) is 3.64. The van der Waals surface area contributed by atoms with Gasteiger partial charge in [-0.15, -0.1) is 0 Å². The largest absolute Gasteiger partial charge is 0.315 e. The number of nitrogens with one attached hydrogen (secondary N) is 1. The van der Waals surface area contributed by atoms with Gasteiger partial charge in [0.05, 0.1) is 0 Å². The van der Waals surface area contributed by atoms with Gasteiger partial charge in [-0.05, 0) is 18.4 Å². The molecule has 1 aliphatic carbocycles. The fourth-order valence-corrected chi connectivity index (χ4v) is 2.18. The summed E-state index contributed by atoms with van der Waals surface area (Å²) < 4.78 is 27.5. The molecule has 0 bridgehead atoms. The predicted molar refractivity (Wildman–Crippen MR) is 58.7 cm³/mol. The van der Waals surface area contributed by atoms with Crippen LogP contribution in [-0.4, -0.2) is 13.1 Å². The van der Waals surface area contributed by atoms with Crippen molar-refractivity contribution in [2.24, 2.45) is 5.92 Å². The normalized spacial score (nSPS) is 21.9. The van der Waals surface area contributed by atoms with Crippen molar-refractivity contribution in [2.75, 3.05) is 13.1 Å². The van der Waals surface area contributed by atoms with E-state index < -0.39 is 11.8 Å². The number of alkyl halides is 2. The molecule has 86 valence electrons. The Labute approximate surface area is 93.9 Å². The monoisotopic (exact) mass is 223 g/mol. The van der Waals surface area contributed by atoms with Crippen LogP contribution in [0.25, 0.3) is 0 Å². The van der Waals surface area contributed by atoms with Crippen LogP contribution in [0.4, 0.5) is 8.78 Å². The molecule has 3 rings (SSSR count). The summed E-state index contributed by atoms with van der Waals surface area (Å²) in [7, 11) is 0. The fourth-order valence-electron chi connectivity index (χ4n) is 2.18. The van der Waals surface area contributed by atoms with Crippen LogP contribution in [0.5, 0.6) is 0 Å². The van der Waals surface area contributed by atoms with Gasteiger partial charge in [0.25, 0.3) is 5.92 Å². The molecule has 1 N–H and O–H groups in total. The molecular weight excluding hydrogens is 208 g/mol. The molecule has 0 radical (unpaired) electrons. The number of hydrogen-bond donors (Lipinski definition) is 1. The standard InChI is InChI=1S/C13H15F2N/c14-13(15,12-5-6-12)11-3-1-9(2-4-11)10-7-16-8-10/h1-4,10,12,16H,5-8H2. The second kappa shape index (κ2) is 3.52. The lowest BCUT2D eigenvalue weighted by molar-refractivity contribution is -0.0285. The average Bonchev–Trinajstić information content (AvgIpc) is 2.99. The highest BCUT2D eigenvalue weighted by molar-refractivity contribution is 5.30. The SMILES string of the molecule is FC(F)(c1ccc(C2CNC2)cc1)C1CC1. The minimum atomic E-state index is -2.61. The van der Waals surface area contributed by atoms with Crippen molar-refractivity contribution in [2.45, 2.75) is 24.7 Å². The summed E-state index contributed by atoms with van der Waals surface area (Å²) in [5.41, 5.74) is 1.36. The lowest BCUT2D eigenvalue weighted by Crippen LogP contribution is -2.39. The second-order valence-electron chi connectivity index (χ2n) is 4.87. The first kappa shape index (κ1) is 10.2. The summed E-state index contributed by atoms with van der Waals surface area (Å²) >= 11 is 0. The molecule has 1 aliphatic heterocycles. The second-order valence-corrected chi connectivity index (χ2v) is 4.87. The highest BCUT2D eigenvalue weighted by Gasteiger charge is 2.47. The van der Waals surface area contributed by atoms with Crippen LogP contribution in [0, 0.1) is 5.92 Å². The van der Waals surface area contributed by atoms with Crippen LogP contribution in [0.3, 0.4) is 0 Å². The Morgan fingerprint density at radius 3 is 2.12 bits per heavy atom. The summed E-state index contributed by atoms with van der Waals surface area (Å²) in [6.07, 6.45) is 1.34. The number of rotatable bonds is 3. The summed E-state index contributed by atoms with van der Waals surface area (Å²) in [6, 6.07) is 6.92. The summed E-state index contributed by atoms with van der Waals surface area (Å²) in [5, 5.41) is 3.18. The topological polar surface area (TPSA) is 12.0 Å². The van der Waals surface area contributed by atoms with Crippen molar-refractivity contribution < 1.29 is 8.78 Å². The van der Waals surface area contributed by atoms with E-state index >= 15 is 0 Å². The molecule has 1 heterocycles. The zero-order valence-electron chi connectivity index (χ0n) is 9.05. The third kappa shape index (κ3) is 1.63. The quantitative estimate of drug-likeness (QED) is 0.830. The zero-order chi connectivity index (χ0) is 11.2. The van der Waals surface area contributed by atoms with E-state index in [2.05, 4.69) is 5.32 Å². The Morgan fingerprint density at radius 1 is 1.06 bits per heavy atom. The molecule has 0 amide bonds. The maximum absolute atomic E-state index is 13.8. The van der Waals surface area contributed by atoms with Crippen molar-refractivity contribution in [3.05, 3.63) is 35.4 Å². The van der Waals surface area contributed by atoms with Crippen molar-refractivity contribution in [1.29, 1.82) is 0 Å². The molecule has 0 aromatic heterocycles. The maximum atomic E-state index is 13.8. The van der Waals surface area contributed by atoms with Crippen LogP contribution in [0.2, 0.25) is 0 Å². The van der Waals surface area contributed by atoms with E-state index in [1.54, 1.807) is 12.1 Å². The van der Waals surface area contributed by atoms with Gasteiger partial charge in [-0.25, -0.2) is 8.78 Å². The van der Waals surface area contributed by atoms with Gasteiger partial charge in [-0.3, -0.25) is 0 Å². The van der Waals surface area contributed by atoms with Crippen LogP contribution in [-0.2, 0) is 5.92 Å². The molecule has 2 aliphatic rings. The minimum Gasteiger partial charge on any atom is -0.315 e. The van der Waals surface area contributed by atoms with Crippen molar-refractivity contribution >= 4 is 0 Å². The first-order valence-electron chi connectivity index (χ1n) is 5.87. The van der Waals surface area contributed by atoms with Crippen molar-refractivity contribution in [1.82, 2.24) is 5.32 Å². The lowest BCUT2D eigenvalue weighted by atomic mass is 9.92. The molecule has 2 fully saturated rings. The maximum Gasteiger partial charge on any atom is 0.276 e. The van der Waals surface area contributed by atoms with Gasteiger partial charge in [0, 0.05) is 30.5 Å². The number of halogens is 2. The van der Waals surface area contributed by atoms with Gasteiger partial charge in [0.1, 0.15) is 0 Å². The van der Waals surface area contributed by atoms with E-state index in [-0.39, 0.29) is 5.56 Å². The molecule has 0 atom stereocenters. The molecule has 0 spiro atoms. The molecule has 1 aromatic carbocycles. The number of hydrogen-bond acceptors (Lipinski definition) is 1. The van der Waals surface area contributed by atoms with E-state index in [0.717, 1.165) is 13.1 Å². The Kier molecular flexibility index (Phi) is 2.25. The Morgan fingerprint density at radius 2 is 1.69 bits per heavy atom. The predicted octanol–water partition coefficient (Wildman–Crippen LogP) is 2.88. The smallest absolute Gasteiger partial charge is 0.276 e. The van der Waals surface area contributed by atoms with E-state index in [1.807, 2.05) is 12.1 Å². The fraction of sp³-hybridized carbons (Fsp3) is 0.538. The van der Waals surface area contributed by atoms with Gasteiger partial charge in [0.15, 0.2) is 0 Å². The van der Waals surface area contributed by atoms with Crippen LogP contribution >= 0.6 is 0 Å². The molecule has 16 heavy (non-hydrogen) atoms. The molecule has 1 saturated heterocycles. The summed E-state index contributed by atoms with van der Waals surface area (Å²) in [5.74, 6) is -2.51. The van der Waals surface area contributed by atoms with Crippen LogP contribution in [0.15, 0.2) is 24.3 Å². The molecule has 1 nitrogen and oxygen atoms in total. The van der Waals surface area contributed by atoms with E-state index in [0.29, 0.717) is 18.8 Å². The summed E-state index contributed by atoms with van der Waals surface area (Å²) in [6.45, 7) is 1.94. The van der Waals surface area contributed by atoms with Crippen LogP contribution in [0.1, 0.15) is 29.9 Å². The van der Waals surface area contributed by atoms with Gasteiger partial charge in [0.2, 0.25) is 0 Å². The highest BCUT2D eigenvalue weighted by atomic mass is 19.3. The number of benzene rings is 1. The Bertz CT molecular complexity index is 377. The Balaban J connectivity index is 1.80. The van der Waals surface area contributed by atoms with Gasteiger partial charge >= 0.3 is 0 Å². The highest BCUT2D eigenvalue weighted by Crippen LogP contribution is 2.49. The minimum absolute atomic E-state index is 0.186. The Hall–Kier alpha value is -0.960. The van der Waals surface area contributed by atoms with Crippen molar-refractivity contribution in [3.8, 4) is 0 Å². The molecular formula is C13H15F2N. The lowest BCUT2D eigenvalue weighted by Gasteiger charge is -2.28. The molecule has 0 unspecified atom stereocenters. The van der Waals surface area contributed by atoms with Gasteiger partial charge in [-0.2, -0.15) is 0 Å². The van der Waals surface area contributed by atoms with Gasteiger partial charge < -0.3 is 5.32 Å². The van der Waals surface area contributed by atoms with E-state index in [1.165, 1.54) is 5.56 Å². The van der Waals surface area contributed by atoms with E-state index in [4.69, 9.17) is 0 Å². The summed E-state index contributed by atoms with van der Waals surface area (Å²) in [4.78, 5) is 0.